The fraction of sp³-hybridized carbons (Fsp3) is 0.450. The Balaban J connectivity index is 1.32. The first kappa shape index (κ1) is 18.4. The first-order chi connectivity index (χ1) is 13.6. The van der Waals surface area contributed by atoms with Crippen LogP contribution in [0.15, 0.2) is 24.3 Å². The number of hydrogen-bond donors (Lipinski definition) is 2. The summed E-state index contributed by atoms with van der Waals surface area (Å²) < 4.78 is 19.8. The van der Waals surface area contributed by atoms with Crippen molar-refractivity contribution in [2.75, 3.05) is 29.9 Å². The summed E-state index contributed by atoms with van der Waals surface area (Å²) in [4.78, 5) is 14.5. The summed E-state index contributed by atoms with van der Waals surface area (Å²) in [5.41, 5.74) is 1.67. The van der Waals surface area contributed by atoms with Crippen LogP contribution in [0.2, 0.25) is 0 Å². The van der Waals surface area contributed by atoms with Gasteiger partial charge in [0.05, 0.1) is 29.1 Å². The van der Waals surface area contributed by atoms with Gasteiger partial charge in [-0.25, -0.2) is 4.39 Å². The van der Waals surface area contributed by atoms with Gasteiger partial charge in [0, 0.05) is 31.7 Å². The summed E-state index contributed by atoms with van der Waals surface area (Å²) in [5, 5.41) is 18.8. The van der Waals surface area contributed by atoms with Crippen LogP contribution in [0.25, 0.3) is 0 Å². The van der Waals surface area contributed by atoms with E-state index in [0.29, 0.717) is 43.0 Å². The van der Waals surface area contributed by atoms with Crippen LogP contribution in [0.5, 0.6) is 0 Å². The zero-order chi connectivity index (χ0) is 19.5. The van der Waals surface area contributed by atoms with Crippen molar-refractivity contribution in [2.24, 2.45) is 5.92 Å². The Kier molecular flexibility index (Phi) is 5.26. The molecule has 3 heterocycles. The molecule has 2 aliphatic rings. The minimum Gasteiger partial charge on any atom is -0.372 e. The number of aromatic amines is 1. The van der Waals surface area contributed by atoms with Crippen molar-refractivity contribution < 1.29 is 13.9 Å². The lowest BCUT2D eigenvalue weighted by molar-refractivity contribution is -0.120. The van der Waals surface area contributed by atoms with Crippen LogP contribution in [0.1, 0.15) is 43.0 Å². The molecule has 1 aromatic carbocycles. The molecule has 1 atom stereocenters. The Labute approximate surface area is 162 Å². The maximum atomic E-state index is 14.2. The second-order valence-corrected chi connectivity index (χ2v) is 7.24. The van der Waals surface area contributed by atoms with Crippen LogP contribution in [-0.2, 0) is 9.53 Å². The molecule has 0 radical (unpaired) electrons. The van der Waals surface area contributed by atoms with Crippen LogP contribution in [0.4, 0.5) is 15.9 Å². The molecule has 2 saturated heterocycles. The Bertz CT molecular complexity index is 892. The van der Waals surface area contributed by atoms with E-state index in [9.17, 15) is 9.18 Å². The van der Waals surface area contributed by atoms with Crippen molar-refractivity contribution in [3.05, 3.63) is 41.3 Å². The summed E-state index contributed by atoms with van der Waals surface area (Å²) >= 11 is 0. The fourth-order valence-corrected chi connectivity index (χ4v) is 3.83. The van der Waals surface area contributed by atoms with E-state index < -0.39 is 5.82 Å². The molecule has 0 bridgehead atoms. The second-order valence-electron chi connectivity index (χ2n) is 7.24. The third kappa shape index (κ3) is 3.85. The van der Waals surface area contributed by atoms with E-state index in [0.717, 1.165) is 25.1 Å². The highest BCUT2D eigenvalue weighted by atomic mass is 19.1. The third-order valence-electron chi connectivity index (χ3n) is 5.41. The van der Waals surface area contributed by atoms with Gasteiger partial charge in [0.1, 0.15) is 5.82 Å². The minimum absolute atomic E-state index is 0.0312. The predicted octanol–water partition coefficient (Wildman–Crippen LogP) is 3.13. The van der Waals surface area contributed by atoms with Crippen molar-refractivity contribution in [1.29, 1.82) is 5.26 Å². The van der Waals surface area contributed by atoms with Crippen LogP contribution in [0.3, 0.4) is 0 Å². The van der Waals surface area contributed by atoms with Gasteiger partial charge in [-0.15, -0.1) is 0 Å². The van der Waals surface area contributed by atoms with Crippen LogP contribution in [0, 0.1) is 23.1 Å². The quantitative estimate of drug-likeness (QED) is 0.846. The number of nitriles is 1. The molecule has 1 unspecified atom stereocenters. The molecule has 2 aromatic rings. The zero-order valence-electron chi connectivity index (χ0n) is 15.4. The number of carbonyl (C=O) groups is 1. The van der Waals surface area contributed by atoms with E-state index >= 15 is 0 Å². The summed E-state index contributed by atoms with van der Waals surface area (Å²) in [5.74, 6) is -0.0953. The van der Waals surface area contributed by atoms with Crippen molar-refractivity contribution >= 4 is 17.4 Å². The maximum absolute atomic E-state index is 14.2. The first-order valence-electron chi connectivity index (χ1n) is 9.56. The standard InChI is InChI=1S/C20H22FN5O2/c21-15-10-13(12-22)3-4-17(15)26-7-5-14(6-8-26)20(27)23-19-11-16(24-25-19)18-2-1-9-28-18/h3-4,10-11,14,18H,1-2,5-9H2,(H2,23,24,25,27). The van der Waals surface area contributed by atoms with E-state index in [2.05, 4.69) is 15.5 Å². The number of H-pyrrole nitrogens is 1. The molecule has 2 N–H and O–H groups in total. The lowest BCUT2D eigenvalue weighted by atomic mass is 9.95. The van der Waals surface area contributed by atoms with Crippen molar-refractivity contribution in [2.45, 2.75) is 31.8 Å². The molecular formula is C20H22FN5O2. The molecular weight excluding hydrogens is 361 g/mol. The van der Waals surface area contributed by atoms with E-state index in [1.54, 1.807) is 12.1 Å². The topological polar surface area (TPSA) is 94.0 Å². The third-order valence-corrected chi connectivity index (χ3v) is 5.41. The zero-order valence-corrected chi connectivity index (χ0v) is 15.4. The molecule has 2 fully saturated rings. The number of piperidine rings is 1. The molecule has 0 aliphatic carbocycles. The lowest BCUT2D eigenvalue weighted by Crippen LogP contribution is -2.38. The maximum Gasteiger partial charge on any atom is 0.228 e. The SMILES string of the molecule is N#Cc1ccc(N2CCC(C(=O)Nc3cc(C4CCCO4)[nH]n3)CC2)c(F)c1. The monoisotopic (exact) mass is 383 g/mol. The highest BCUT2D eigenvalue weighted by Gasteiger charge is 2.27. The molecule has 0 spiro atoms. The van der Waals surface area contributed by atoms with Gasteiger partial charge in [0.25, 0.3) is 0 Å². The van der Waals surface area contributed by atoms with Crippen molar-refractivity contribution in [3.8, 4) is 6.07 Å². The van der Waals surface area contributed by atoms with Gasteiger partial charge in [-0.1, -0.05) is 0 Å². The van der Waals surface area contributed by atoms with Gasteiger partial charge in [0.15, 0.2) is 5.82 Å². The number of rotatable bonds is 4. The number of nitrogens with zero attached hydrogens (tertiary/aromatic N) is 3. The Hall–Kier alpha value is -2.92. The van der Waals surface area contributed by atoms with Gasteiger partial charge in [-0.3, -0.25) is 9.89 Å². The minimum atomic E-state index is -0.403. The number of aromatic nitrogens is 2. The summed E-state index contributed by atoms with van der Waals surface area (Å²) in [6, 6.07) is 8.25. The van der Waals surface area contributed by atoms with Gasteiger partial charge >= 0.3 is 0 Å². The number of halogens is 1. The number of ether oxygens (including phenoxy) is 1. The molecule has 7 nitrogen and oxygen atoms in total. The van der Waals surface area contributed by atoms with Gasteiger partial charge in [0.2, 0.25) is 5.91 Å². The van der Waals surface area contributed by atoms with Crippen LogP contribution in [-0.4, -0.2) is 35.8 Å². The van der Waals surface area contributed by atoms with Gasteiger partial charge in [-0.2, -0.15) is 10.4 Å². The molecule has 1 aromatic heterocycles. The van der Waals surface area contributed by atoms with Gasteiger partial charge < -0.3 is 15.0 Å². The van der Waals surface area contributed by atoms with Crippen molar-refractivity contribution in [3.63, 3.8) is 0 Å². The average molecular weight is 383 g/mol. The Morgan fingerprint density at radius 2 is 2.14 bits per heavy atom. The smallest absolute Gasteiger partial charge is 0.228 e. The molecule has 146 valence electrons. The lowest BCUT2D eigenvalue weighted by Gasteiger charge is -2.33. The largest absolute Gasteiger partial charge is 0.372 e. The molecule has 4 rings (SSSR count). The van der Waals surface area contributed by atoms with E-state index in [1.165, 1.54) is 6.07 Å². The number of anilines is 2. The van der Waals surface area contributed by atoms with Gasteiger partial charge in [-0.05, 0) is 43.9 Å². The first-order valence-corrected chi connectivity index (χ1v) is 9.56. The molecule has 8 heteroatoms. The molecule has 2 aliphatic heterocycles. The highest BCUT2D eigenvalue weighted by Crippen LogP contribution is 2.29. The second kappa shape index (κ2) is 7.98. The summed E-state index contributed by atoms with van der Waals surface area (Å²) in [6.45, 7) is 1.93. The van der Waals surface area contributed by atoms with Crippen LogP contribution < -0.4 is 10.2 Å². The average Bonchev–Trinajstić information content (AvgIpc) is 3.40. The number of amides is 1. The summed E-state index contributed by atoms with van der Waals surface area (Å²) in [6.07, 6.45) is 3.29. The number of hydrogen-bond acceptors (Lipinski definition) is 5. The number of benzene rings is 1. The summed E-state index contributed by atoms with van der Waals surface area (Å²) in [7, 11) is 0. The fourth-order valence-electron chi connectivity index (χ4n) is 3.83. The van der Waals surface area contributed by atoms with E-state index in [-0.39, 0.29) is 17.9 Å². The number of nitrogens with one attached hydrogen (secondary N) is 2. The molecule has 0 saturated carbocycles. The number of carbonyl (C=O) groups excluding carboxylic acids is 1. The van der Waals surface area contributed by atoms with E-state index in [1.807, 2.05) is 17.0 Å². The Morgan fingerprint density at radius 3 is 2.82 bits per heavy atom. The van der Waals surface area contributed by atoms with E-state index in [4.69, 9.17) is 10.00 Å². The predicted molar refractivity (Wildman–Crippen MR) is 101 cm³/mol. The molecule has 28 heavy (non-hydrogen) atoms. The normalized spacial score (nSPS) is 20.1. The van der Waals surface area contributed by atoms with Crippen LogP contribution >= 0.6 is 0 Å². The highest BCUT2D eigenvalue weighted by molar-refractivity contribution is 5.91. The Morgan fingerprint density at radius 1 is 1.32 bits per heavy atom. The molecule has 1 amide bonds. The van der Waals surface area contributed by atoms with Crippen molar-refractivity contribution in [1.82, 2.24) is 10.2 Å².